The number of rotatable bonds is 4. The molecule has 5 heterocycles. The Morgan fingerprint density at radius 3 is 1.67 bits per heavy atom. The molecule has 1 unspecified atom stereocenters. The maximum absolute atomic E-state index is 6.51. The van der Waals surface area contributed by atoms with Crippen molar-refractivity contribution in [3.8, 4) is 0 Å². The van der Waals surface area contributed by atoms with Gasteiger partial charge in [0.25, 0.3) is 0 Å². The van der Waals surface area contributed by atoms with Crippen molar-refractivity contribution in [1.29, 1.82) is 0 Å². The minimum absolute atomic E-state index is 0.859. The van der Waals surface area contributed by atoms with E-state index in [0.717, 1.165) is 73.4 Å². The second kappa shape index (κ2) is 10.1. The highest BCUT2D eigenvalue weighted by Gasteiger charge is 2.40. The number of H-pyrrole nitrogens is 2. The maximum atomic E-state index is 6.51. The lowest BCUT2D eigenvalue weighted by atomic mass is 9.87. The summed E-state index contributed by atoms with van der Waals surface area (Å²) in [5.74, 6) is 0. The Bertz CT molecular complexity index is 2040. The Hall–Kier alpha value is -5.52. The number of hydrogen-bond donors (Lipinski definition) is 2. The van der Waals surface area contributed by atoms with Crippen LogP contribution in [0.5, 0.6) is 0 Å². The fraction of sp³-hybridized carbons (Fsp3) is 0.0526. The quantitative estimate of drug-likeness (QED) is 0.233. The van der Waals surface area contributed by atoms with Crippen molar-refractivity contribution < 1.29 is 4.74 Å². The molecule has 0 saturated carbocycles. The summed E-state index contributed by atoms with van der Waals surface area (Å²) < 4.78 is 6.51. The van der Waals surface area contributed by atoms with Crippen LogP contribution in [0.4, 0.5) is 0 Å². The van der Waals surface area contributed by atoms with E-state index in [4.69, 9.17) is 14.7 Å². The highest BCUT2D eigenvalue weighted by Crippen LogP contribution is 2.41. The summed E-state index contributed by atoms with van der Waals surface area (Å²) in [6, 6.07) is 39.5. The predicted molar refractivity (Wildman–Crippen MR) is 173 cm³/mol. The second-order valence-corrected chi connectivity index (χ2v) is 10.7. The summed E-state index contributed by atoms with van der Waals surface area (Å²) in [6.45, 7) is 0. The first-order valence-corrected chi connectivity index (χ1v) is 14.4. The van der Waals surface area contributed by atoms with Gasteiger partial charge in [-0.1, -0.05) is 91.0 Å². The molecule has 3 aromatic carbocycles. The maximum Gasteiger partial charge on any atom is 0.172 e. The standard InChI is InChI=1S/C38H28N4O/c1-43-38(27-15-9-4-10-16-27)34-23-21-29(41-34)28-17-18-30(39-28)36(25-11-5-2-6-12-25)31-19-20-32(40-31)37(26-13-7-3-8-14-26)33-22-24-35(38)42-33/h2-24,41-42H,1H3/b36-30-,37-32-. The van der Waals surface area contributed by atoms with E-state index in [1.807, 2.05) is 30.3 Å². The number of allylic oxidation sites excluding steroid dienone is 5. The molecule has 0 amide bonds. The van der Waals surface area contributed by atoms with E-state index in [9.17, 15) is 0 Å². The van der Waals surface area contributed by atoms with Gasteiger partial charge in [0.1, 0.15) is 0 Å². The molecule has 43 heavy (non-hydrogen) atoms. The number of ether oxygens (including phenoxy) is 1. The van der Waals surface area contributed by atoms with Crippen molar-refractivity contribution in [1.82, 2.24) is 9.97 Å². The van der Waals surface area contributed by atoms with E-state index < -0.39 is 5.60 Å². The Kier molecular flexibility index (Phi) is 5.91. The SMILES string of the molecule is COC1(c2ccccc2)c2ccc([nH]2)C2=N/C(=C(/c3ccccc3)C3=N/C(=C(/c4ccccc4)c4ccc1[nH]4)C=C3)C=C2. The van der Waals surface area contributed by atoms with Gasteiger partial charge in [-0.3, -0.25) is 0 Å². The molecule has 5 aromatic rings. The monoisotopic (exact) mass is 556 g/mol. The Labute approximate surface area is 250 Å². The van der Waals surface area contributed by atoms with Crippen LogP contribution in [-0.4, -0.2) is 28.5 Å². The van der Waals surface area contributed by atoms with Crippen molar-refractivity contribution in [3.63, 3.8) is 0 Å². The topological polar surface area (TPSA) is 65.5 Å². The highest BCUT2D eigenvalue weighted by molar-refractivity contribution is 6.32. The number of nitrogens with one attached hydrogen (secondary N) is 2. The third-order valence-corrected chi connectivity index (χ3v) is 8.34. The van der Waals surface area contributed by atoms with Gasteiger partial charge in [-0.15, -0.1) is 0 Å². The lowest BCUT2D eigenvalue weighted by Gasteiger charge is -2.32. The number of aliphatic imine (C=N–C) groups is 2. The fourth-order valence-corrected chi connectivity index (χ4v) is 6.33. The molecule has 0 radical (unpaired) electrons. The molecule has 1 atom stereocenters. The molecule has 5 nitrogen and oxygen atoms in total. The summed E-state index contributed by atoms with van der Waals surface area (Å²) in [4.78, 5) is 17.8. The van der Waals surface area contributed by atoms with Gasteiger partial charge in [0.05, 0.1) is 39.9 Å². The third kappa shape index (κ3) is 4.05. The Morgan fingerprint density at radius 2 is 1.02 bits per heavy atom. The molecule has 0 spiro atoms. The van der Waals surface area contributed by atoms with Crippen LogP contribution >= 0.6 is 0 Å². The summed E-state index contributed by atoms with van der Waals surface area (Å²) in [6.07, 6.45) is 8.35. The summed E-state index contributed by atoms with van der Waals surface area (Å²) in [5.41, 5.74) is 11.4. The average Bonchev–Trinajstić information content (AvgIpc) is 3.89. The number of aromatic amines is 2. The highest BCUT2D eigenvalue weighted by atomic mass is 16.5. The molecular formula is C38H28N4O. The zero-order valence-corrected chi connectivity index (χ0v) is 23.6. The van der Waals surface area contributed by atoms with Crippen LogP contribution in [-0.2, 0) is 10.3 Å². The van der Waals surface area contributed by atoms with Crippen molar-refractivity contribution in [2.75, 3.05) is 7.11 Å². The van der Waals surface area contributed by atoms with Gasteiger partial charge in [0, 0.05) is 23.9 Å². The fourth-order valence-electron chi connectivity index (χ4n) is 6.33. The van der Waals surface area contributed by atoms with Gasteiger partial charge in [-0.25, -0.2) is 9.98 Å². The van der Waals surface area contributed by atoms with E-state index in [0.29, 0.717) is 0 Å². The van der Waals surface area contributed by atoms with E-state index in [-0.39, 0.29) is 0 Å². The van der Waals surface area contributed by atoms with Crippen LogP contribution in [0.3, 0.4) is 0 Å². The van der Waals surface area contributed by atoms with Gasteiger partial charge < -0.3 is 14.7 Å². The van der Waals surface area contributed by atoms with Crippen LogP contribution in [0.1, 0.15) is 39.5 Å². The molecule has 8 rings (SSSR count). The van der Waals surface area contributed by atoms with Crippen molar-refractivity contribution in [2.45, 2.75) is 5.60 Å². The number of benzene rings is 3. The molecule has 5 heteroatoms. The van der Waals surface area contributed by atoms with E-state index in [1.54, 1.807) is 7.11 Å². The van der Waals surface area contributed by atoms with Gasteiger partial charge >= 0.3 is 0 Å². The van der Waals surface area contributed by atoms with Gasteiger partial charge in [0.2, 0.25) is 0 Å². The zero-order valence-electron chi connectivity index (χ0n) is 23.6. The molecule has 8 bridgehead atoms. The van der Waals surface area contributed by atoms with E-state index >= 15 is 0 Å². The first-order chi connectivity index (χ1) is 21.2. The number of methoxy groups -OCH3 is 1. The van der Waals surface area contributed by atoms with Crippen molar-refractivity contribution >= 4 is 22.6 Å². The molecule has 0 fully saturated rings. The molecule has 3 aliphatic rings. The molecule has 3 aliphatic heterocycles. The smallest absolute Gasteiger partial charge is 0.172 e. The zero-order chi connectivity index (χ0) is 28.8. The predicted octanol–water partition coefficient (Wildman–Crippen LogP) is 7.84. The molecule has 0 aliphatic carbocycles. The number of nitrogens with zero attached hydrogens (tertiary/aromatic N) is 2. The largest absolute Gasteiger partial charge is 0.361 e. The normalized spacial score (nSPS) is 22.3. The second-order valence-electron chi connectivity index (χ2n) is 10.7. The Balaban J connectivity index is 1.46. The van der Waals surface area contributed by atoms with Crippen LogP contribution < -0.4 is 0 Å². The molecule has 2 N–H and O–H groups in total. The minimum atomic E-state index is -0.916. The number of fused-ring (bicyclic) bond motifs is 7. The molecular weight excluding hydrogens is 528 g/mol. The van der Waals surface area contributed by atoms with Crippen LogP contribution in [0.2, 0.25) is 0 Å². The minimum Gasteiger partial charge on any atom is -0.361 e. The van der Waals surface area contributed by atoms with Gasteiger partial charge in [-0.2, -0.15) is 0 Å². The van der Waals surface area contributed by atoms with E-state index in [1.165, 1.54) is 0 Å². The number of aromatic nitrogens is 2. The van der Waals surface area contributed by atoms with Gasteiger partial charge in [0.15, 0.2) is 5.60 Å². The molecule has 0 saturated heterocycles. The van der Waals surface area contributed by atoms with Crippen LogP contribution in [0.15, 0.2) is 161 Å². The Morgan fingerprint density at radius 1 is 0.512 bits per heavy atom. The molecule has 206 valence electrons. The molecule has 2 aromatic heterocycles. The first kappa shape index (κ1) is 25.2. The number of hydrogen-bond acceptors (Lipinski definition) is 3. The summed E-state index contributed by atoms with van der Waals surface area (Å²) in [5, 5.41) is 0. The van der Waals surface area contributed by atoms with Gasteiger partial charge in [-0.05, 0) is 65.3 Å². The lowest BCUT2D eigenvalue weighted by molar-refractivity contribution is 0.0519. The van der Waals surface area contributed by atoms with Crippen molar-refractivity contribution in [3.05, 3.63) is 190 Å². The summed E-state index contributed by atoms with van der Waals surface area (Å²) >= 11 is 0. The lowest BCUT2D eigenvalue weighted by Crippen LogP contribution is -2.32. The van der Waals surface area contributed by atoms with Crippen LogP contribution in [0.25, 0.3) is 11.1 Å². The summed E-state index contributed by atoms with van der Waals surface area (Å²) in [7, 11) is 1.76. The third-order valence-electron chi connectivity index (χ3n) is 8.34. The van der Waals surface area contributed by atoms with E-state index in [2.05, 4.69) is 119 Å². The first-order valence-electron chi connectivity index (χ1n) is 14.4. The van der Waals surface area contributed by atoms with Crippen LogP contribution in [0, 0.1) is 0 Å². The average molecular weight is 557 g/mol. The van der Waals surface area contributed by atoms with Crippen molar-refractivity contribution in [2.24, 2.45) is 9.98 Å².